The second-order valence-electron chi connectivity index (χ2n) is 8.84. The van der Waals surface area contributed by atoms with E-state index < -0.39 is 29.6 Å². The van der Waals surface area contributed by atoms with Crippen molar-refractivity contribution in [2.45, 2.75) is 13.5 Å². The van der Waals surface area contributed by atoms with Gasteiger partial charge in [-0.1, -0.05) is 29.8 Å². The first-order valence-electron chi connectivity index (χ1n) is 12.5. The van der Waals surface area contributed by atoms with Gasteiger partial charge in [-0.25, -0.2) is 0 Å². The minimum absolute atomic E-state index is 0.0611. The molecule has 0 unspecified atom stereocenters. The Morgan fingerprint density at radius 1 is 1.00 bits per heavy atom. The summed E-state index contributed by atoms with van der Waals surface area (Å²) in [5.41, 5.74) is 6.12. The number of esters is 1. The van der Waals surface area contributed by atoms with Crippen molar-refractivity contribution in [3.63, 3.8) is 0 Å². The number of pyridine rings is 1. The predicted octanol–water partition coefficient (Wildman–Crippen LogP) is 2.13. The second kappa shape index (κ2) is 13.4. The van der Waals surface area contributed by atoms with Gasteiger partial charge in [0.1, 0.15) is 32.1 Å². The monoisotopic (exact) mass is 579 g/mol. The van der Waals surface area contributed by atoms with Crippen LogP contribution in [-0.2, 0) is 25.7 Å². The van der Waals surface area contributed by atoms with Gasteiger partial charge in [0.15, 0.2) is 0 Å². The molecule has 0 radical (unpaired) electrons. The Kier molecular flexibility index (Phi) is 9.48. The number of para-hydroxylation sites is 1. The highest BCUT2D eigenvalue weighted by molar-refractivity contribution is 6.34. The van der Waals surface area contributed by atoms with Gasteiger partial charge in [0.2, 0.25) is 5.91 Å². The quantitative estimate of drug-likeness (QED) is 0.234. The number of carbonyl (C=O) groups excluding carboxylic acids is 5. The van der Waals surface area contributed by atoms with E-state index in [0.717, 1.165) is 0 Å². The van der Waals surface area contributed by atoms with Gasteiger partial charge in [0, 0.05) is 31.5 Å². The number of halogens is 1. The lowest BCUT2D eigenvalue weighted by Gasteiger charge is -2.23. The van der Waals surface area contributed by atoms with Crippen molar-refractivity contribution in [3.8, 4) is 5.75 Å². The zero-order valence-corrected chi connectivity index (χ0v) is 22.7. The lowest BCUT2D eigenvalue weighted by atomic mass is 10.1. The summed E-state index contributed by atoms with van der Waals surface area (Å²) in [4.78, 5) is 68.9. The number of amides is 4. The fraction of sp³-hybridized carbons (Fsp3) is 0.214. The maximum Gasteiger partial charge on any atom is 0.302 e. The molecule has 2 aromatic carbocycles. The molecule has 2 heterocycles. The van der Waals surface area contributed by atoms with E-state index in [1.807, 2.05) is 0 Å². The van der Waals surface area contributed by atoms with Gasteiger partial charge in [-0.15, -0.1) is 0 Å². The summed E-state index contributed by atoms with van der Waals surface area (Å²) in [6.45, 7) is 0.817. The molecule has 212 valence electrons. The zero-order valence-electron chi connectivity index (χ0n) is 22.0. The van der Waals surface area contributed by atoms with Gasteiger partial charge in [0.25, 0.3) is 17.7 Å². The molecule has 0 bridgehead atoms. The van der Waals surface area contributed by atoms with E-state index in [9.17, 15) is 24.0 Å². The van der Waals surface area contributed by atoms with Crippen molar-refractivity contribution in [2.75, 3.05) is 31.2 Å². The van der Waals surface area contributed by atoms with Crippen LogP contribution in [0.1, 0.15) is 33.2 Å². The maximum absolute atomic E-state index is 13.6. The Balaban J connectivity index is 1.44. The summed E-state index contributed by atoms with van der Waals surface area (Å²) >= 11 is 6.41. The molecule has 2 N–H and O–H groups in total. The number of hydrogen-bond acceptors (Lipinski definition) is 8. The maximum atomic E-state index is 13.6. The Bertz CT molecular complexity index is 1470. The molecule has 13 heteroatoms. The highest BCUT2D eigenvalue weighted by Crippen LogP contribution is 2.30. The minimum atomic E-state index is -0.625. The molecule has 1 aliphatic rings. The Hall–Kier alpha value is -4.97. The Morgan fingerprint density at radius 2 is 1.80 bits per heavy atom. The standard InChI is InChI=1S/C28H26ClN5O7/c1-18(35)40-11-12-41-21-8-9-22(23(29)13-21)28(39)34-17-26(37)33(15-20-5-2-3-7-24(20)34)16-25(36)31-32-27(38)19-6-4-10-30-14-19/h2-10,13-14H,11-12,15-17H2,1H3,(H,31,36)(H,32,38). The van der Waals surface area contributed by atoms with Crippen molar-refractivity contribution in [2.24, 2.45) is 0 Å². The summed E-state index contributed by atoms with van der Waals surface area (Å²) in [6, 6.07) is 14.6. The van der Waals surface area contributed by atoms with Crippen LogP contribution in [-0.4, -0.2) is 65.8 Å². The summed E-state index contributed by atoms with van der Waals surface area (Å²) in [5, 5.41) is 0.106. The van der Waals surface area contributed by atoms with E-state index in [2.05, 4.69) is 15.8 Å². The number of ether oxygens (including phenoxy) is 2. The number of fused-ring (bicyclic) bond motifs is 1. The average Bonchev–Trinajstić information content (AvgIpc) is 3.10. The van der Waals surface area contributed by atoms with Crippen LogP contribution in [0, 0.1) is 0 Å². The molecule has 0 atom stereocenters. The molecule has 0 aliphatic carbocycles. The van der Waals surface area contributed by atoms with Gasteiger partial charge in [-0.2, -0.15) is 0 Å². The zero-order chi connectivity index (χ0) is 29.4. The van der Waals surface area contributed by atoms with Crippen molar-refractivity contribution >= 4 is 46.9 Å². The molecule has 0 saturated carbocycles. The fourth-order valence-corrected chi connectivity index (χ4v) is 4.26. The molecule has 1 aromatic heterocycles. The van der Waals surface area contributed by atoms with Crippen molar-refractivity contribution < 1.29 is 33.4 Å². The van der Waals surface area contributed by atoms with E-state index in [1.54, 1.807) is 36.4 Å². The first-order valence-corrected chi connectivity index (χ1v) is 12.8. The third-order valence-corrected chi connectivity index (χ3v) is 6.25. The molecule has 1 aliphatic heterocycles. The molecular weight excluding hydrogens is 554 g/mol. The molecule has 3 aromatic rings. The van der Waals surface area contributed by atoms with Crippen LogP contribution in [0.25, 0.3) is 0 Å². The molecule has 41 heavy (non-hydrogen) atoms. The predicted molar refractivity (Wildman–Crippen MR) is 147 cm³/mol. The number of hydrazine groups is 1. The number of nitrogens with zero attached hydrogens (tertiary/aromatic N) is 3. The van der Waals surface area contributed by atoms with Gasteiger partial charge in [-0.3, -0.25) is 44.7 Å². The van der Waals surface area contributed by atoms with E-state index in [-0.39, 0.29) is 49.0 Å². The number of rotatable bonds is 8. The van der Waals surface area contributed by atoms with Crippen LogP contribution >= 0.6 is 11.6 Å². The summed E-state index contributed by atoms with van der Waals surface area (Å²) in [6.07, 6.45) is 2.86. The fourth-order valence-electron chi connectivity index (χ4n) is 4.01. The van der Waals surface area contributed by atoms with Gasteiger partial charge in [0.05, 0.1) is 16.1 Å². The van der Waals surface area contributed by atoms with Crippen LogP contribution in [0.2, 0.25) is 5.02 Å². The third-order valence-electron chi connectivity index (χ3n) is 5.94. The minimum Gasteiger partial charge on any atom is -0.490 e. The number of anilines is 1. The third kappa shape index (κ3) is 7.57. The number of benzene rings is 2. The van der Waals surface area contributed by atoms with Crippen LogP contribution in [0.4, 0.5) is 5.69 Å². The van der Waals surface area contributed by atoms with Crippen molar-refractivity contribution in [1.29, 1.82) is 0 Å². The van der Waals surface area contributed by atoms with Gasteiger partial charge in [-0.05, 0) is 42.0 Å². The van der Waals surface area contributed by atoms with Crippen LogP contribution in [0.15, 0.2) is 67.0 Å². The number of carbonyl (C=O) groups is 5. The van der Waals surface area contributed by atoms with E-state index in [1.165, 1.54) is 47.3 Å². The summed E-state index contributed by atoms with van der Waals surface area (Å²) < 4.78 is 10.3. The molecule has 0 saturated heterocycles. The number of aromatic nitrogens is 1. The van der Waals surface area contributed by atoms with E-state index in [0.29, 0.717) is 17.0 Å². The Morgan fingerprint density at radius 3 is 2.54 bits per heavy atom. The molecule has 12 nitrogen and oxygen atoms in total. The number of nitrogens with one attached hydrogen (secondary N) is 2. The SMILES string of the molecule is CC(=O)OCCOc1ccc(C(=O)N2CC(=O)N(CC(=O)NNC(=O)c3cccnc3)Cc3ccccc32)c(Cl)c1. The topological polar surface area (TPSA) is 147 Å². The van der Waals surface area contributed by atoms with Gasteiger partial charge < -0.3 is 14.4 Å². The molecular formula is C28H26ClN5O7. The molecule has 0 spiro atoms. The molecule has 0 fully saturated rings. The van der Waals surface area contributed by atoms with E-state index >= 15 is 0 Å². The van der Waals surface area contributed by atoms with Crippen LogP contribution in [0.5, 0.6) is 5.75 Å². The van der Waals surface area contributed by atoms with E-state index in [4.69, 9.17) is 21.1 Å². The summed E-state index contributed by atoms with van der Waals surface area (Å²) in [7, 11) is 0. The van der Waals surface area contributed by atoms with Crippen molar-refractivity contribution in [3.05, 3.63) is 88.7 Å². The van der Waals surface area contributed by atoms with Gasteiger partial charge >= 0.3 is 5.97 Å². The number of hydrogen-bond donors (Lipinski definition) is 2. The lowest BCUT2D eigenvalue weighted by molar-refractivity contribution is -0.141. The normalized spacial score (nSPS) is 12.6. The van der Waals surface area contributed by atoms with Crippen LogP contribution in [0.3, 0.4) is 0 Å². The largest absolute Gasteiger partial charge is 0.490 e. The van der Waals surface area contributed by atoms with Crippen molar-refractivity contribution in [1.82, 2.24) is 20.7 Å². The molecule has 4 amide bonds. The Labute approximate surface area is 240 Å². The second-order valence-corrected chi connectivity index (χ2v) is 9.25. The first kappa shape index (κ1) is 29.0. The highest BCUT2D eigenvalue weighted by atomic mass is 35.5. The highest BCUT2D eigenvalue weighted by Gasteiger charge is 2.31. The average molecular weight is 580 g/mol. The lowest BCUT2D eigenvalue weighted by Crippen LogP contribution is -2.48. The first-order chi connectivity index (χ1) is 19.7. The smallest absolute Gasteiger partial charge is 0.302 e. The molecule has 4 rings (SSSR count). The summed E-state index contributed by atoms with van der Waals surface area (Å²) in [5.74, 6) is -2.23. The van der Waals surface area contributed by atoms with Crippen LogP contribution < -0.4 is 20.5 Å².